The molecular formula is C23H19N3O5. The van der Waals surface area contributed by atoms with Gasteiger partial charge in [0, 0.05) is 6.20 Å². The minimum Gasteiger partial charge on any atom is -0.465 e. The number of para-hydroxylation sites is 1. The van der Waals surface area contributed by atoms with Crippen molar-refractivity contribution in [2.45, 2.75) is 12.1 Å². The molecule has 3 heterocycles. The second-order valence-electron chi connectivity index (χ2n) is 7.76. The van der Waals surface area contributed by atoms with Crippen LogP contribution in [0.1, 0.15) is 27.5 Å². The standard InChI is InChI=1S/C23H19N3O5/c1-31-23(30)14-8-4-5-9-15(14)26-21(28)16-17(22(26)29)19(20(24)27)25-11-10-12-6-2-3-7-13(12)18(16)25/h2-11,16-19H,1H3,(H2,24,27)/t16-,17-,18+,19+/m1/s1. The van der Waals surface area contributed by atoms with E-state index in [9.17, 15) is 19.2 Å². The predicted molar refractivity (Wildman–Crippen MR) is 110 cm³/mol. The number of esters is 1. The van der Waals surface area contributed by atoms with Gasteiger partial charge in [-0.15, -0.1) is 0 Å². The molecule has 3 aliphatic rings. The van der Waals surface area contributed by atoms with Crippen LogP contribution in [0, 0.1) is 11.8 Å². The van der Waals surface area contributed by atoms with Crippen molar-refractivity contribution in [1.82, 2.24) is 4.90 Å². The maximum absolute atomic E-state index is 13.6. The molecule has 3 amide bonds. The van der Waals surface area contributed by atoms with Gasteiger partial charge in [0.05, 0.1) is 36.2 Å². The van der Waals surface area contributed by atoms with Crippen LogP contribution in [0.5, 0.6) is 0 Å². The summed E-state index contributed by atoms with van der Waals surface area (Å²) >= 11 is 0. The van der Waals surface area contributed by atoms with Crippen LogP contribution in [0.3, 0.4) is 0 Å². The lowest BCUT2D eigenvalue weighted by Gasteiger charge is -2.34. The molecule has 2 aromatic rings. The summed E-state index contributed by atoms with van der Waals surface area (Å²) in [7, 11) is 1.23. The van der Waals surface area contributed by atoms with E-state index in [2.05, 4.69) is 0 Å². The van der Waals surface area contributed by atoms with E-state index in [1.54, 1.807) is 23.2 Å². The number of carbonyl (C=O) groups is 4. The van der Waals surface area contributed by atoms with Crippen molar-refractivity contribution in [2.75, 3.05) is 12.0 Å². The average Bonchev–Trinajstić information content (AvgIpc) is 3.26. The van der Waals surface area contributed by atoms with Crippen molar-refractivity contribution in [3.05, 3.63) is 71.4 Å². The van der Waals surface area contributed by atoms with Crippen LogP contribution in [0.25, 0.3) is 6.08 Å². The molecule has 5 rings (SSSR count). The van der Waals surface area contributed by atoms with Crippen molar-refractivity contribution in [1.29, 1.82) is 0 Å². The Bertz CT molecular complexity index is 1170. The molecule has 0 saturated carbocycles. The number of anilines is 1. The lowest BCUT2D eigenvalue weighted by molar-refractivity contribution is -0.129. The summed E-state index contributed by atoms with van der Waals surface area (Å²) in [6, 6.07) is 12.3. The quantitative estimate of drug-likeness (QED) is 0.598. The van der Waals surface area contributed by atoms with Gasteiger partial charge in [0.25, 0.3) is 0 Å². The number of ether oxygens (including phenoxy) is 1. The van der Waals surface area contributed by atoms with Crippen LogP contribution in [-0.2, 0) is 19.1 Å². The Kier molecular flexibility index (Phi) is 4.18. The molecule has 0 spiro atoms. The number of benzene rings is 2. The number of carbonyl (C=O) groups excluding carboxylic acids is 4. The highest BCUT2D eigenvalue weighted by atomic mass is 16.5. The first-order valence-electron chi connectivity index (χ1n) is 9.84. The Hall–Kier alpha value is -3.94. The number of hydrogen-bond donors (Lipinski definition) is 1. The maximum Gasteiger partial charge on any atom is 0.339 e. The second-order valence-corrected chi connectivity index (χ2v) is 7.76. The first kappa shape index (κ1) is 19.0. The first-order chi connectivity index (χ1) is 15.0. The average molecular weight is 417 g/mol. The zero-order valence-electron chi connectivity index (χ0n) is 16.6. The number of amides is 3. The number of rotatable bonds is 3. The lowest BCUT2D eigenvalue weighted by Crippen LogP contribution is -2.47. The Labute approximate surface area is 177 Å². The van der Waals surface area contributed by atoms with Crippen LogP contribution in [0.4, 0.5) is 5.69 Å². The van der Waals surface area contributed by atoms with Crippen LogP contribution < -0.4 is 10.6 Å². The van der Waals surface area contributed by atoms with Crippen LogP contribution >= 0.6 is 0 Å². The van der Waals surface area contributed by atoms with E-state index in [0.29, 0.717) is 0 Å². The van der Waals surface area contributed by atoms with Crippen molar-refractivity contribution >= 4 is 35.5 Å². The molecule has 0 radical (unpaired) electrons. The summed E-state index contributed by atoms with van der Waals surface area (Å²) < 4.78 is 4.81. The van der Waals surface area contributed by atoms with E-state index in [1.165, 1.54) is 19.2 Å². The maximum atomic E-state index is 13.6. The largest absolute Gasteiger partial charge is 0.465 e. The number of nitrogens with two attached hydrogens (primary N) is 1. The summed E-state index contributed by atoms with van der Waals surface area (Å²) in [5.74, 6) is -4.10. The Morgan fingerprint density at radius 1 is 0.968 bits per heavy atom. The lowest BCUT2D eigenvalue weighted by atomic mass is 9.84. The fourth-order valence-corrected chi connectivity index (χ4v) is 5.07. The summed E-state index contributed by atoms with van der Waals surface area (Å²) in [6.07, 6.45) is 3.58. The third-order valence-corrected chi connectivity index (χ3v) is 6.30. The van der Waals surface area contributed by atoms with Gasteiger partial charge in [-0.05, 0) is 29.3 Å². The monoisotopic (exact) mass is 417 g/mol. The minimum absolute atomic E-state index is 0.100. The third kappa shape index (κ3) is 2.54. The van der Waals surface area contributed by atoms with E-state index in [0.717, 1.165) is 16.0 Å². The fraction of sp³-hybridized carbons (Fsp3) is 0.217. The topological polar surface area (TPSA) is 110 Å². The van der Waals surface area contributed by atoms with Gasteiger partial charge in [-0.2, -0.15) is 0 Å². The third-order valence-electron chi connectivity index (χ3n) is 6.30. The van der Waals surface area contributed by atoms with Gasteiger partial charge in [0.1, 0.15) is 6.04 Å². The minimum atomic E-state index is -0.966. The molecule has 2 aromatic carbocycles. The van der Waals surface area contributed by atoms with Gasteiger partial charge in [-0.3, -0.25) is 14.4 Å². The summed E-state index contributed by atoms with van der Waals surface area (Å²) in [6.45, 7) is 0. The molecule has 8 nitrogen and oxygen atoms in total. The van der Waals surface area contributed by atoms with Gasteiger partial charge in [0.15, 0.2) is 0 Å². The highest BCUT2D eigenvalue weighted by molar-refractivity contribution is 6.25. The number of nitrogens with zero attached hydrogens (tertiary/aromatic N) is 2. The van der Waals surface area contributed by atoms with Gasteiger partial charge in [0.2, 0.25) is 17.7 Å². The molecule has 3 aliphatic heterocycles. The predicted octanol–water partition coefficient (Wildman–Crippen LogP) is 1.47. The van der Waals surface area contributed by atoms with Gasteiger partial charge in [-0.1, -0.05) is 36.4 Å². The Balaban J connectivity index is 1.66. The Morgan fingerprint density at radius 3 is 2.39 bits per heavy atom. The molecule has 2 fully saturated rings. The van der Waals surface area contributed by atoms with Gasteiger partial charge in [-0.25, -0.2) is 9.69 Å². The number of primary amides is 1. The zero-order chi connectivity index (χ0) is 21.9. The summed E-state index contributed by atoms with van der Waals surface area (Å²) in [5.41, 5.74) is 7.72. The second kappa shape index (κ2) is 6.80. The van der Waals surface area contributed by atoms with Crippen LogP contribution in [-0.4, -0.2) is 41.7 Å². The van der Waals surface area contributed by atoms with Crippen LogP contribution in [0.15, 0.2) is 54.7 Å². The van der Waals surface area contributed by atoms with Crippen molar-refractivity contribution < 1.29 is 23.9 Å². The summed E-state index contributed by atoms with van der Waals surface area (Å²) in [4.78, 5) is 54.6. The molecule has 4 atom stereocenters. The first-order valence-corrected chi connectivity index (χ1v) is 9.84. The molecular weight excluding hydrogens is 398 g/mol. The van der Waals surface area contributed by atoms with E-state index >= 15 is 0 Å². The van der Waals surface area contributed by atoms with Gasteiger partial charge < -0.3 is 15.4 Å². The van der Waals surface area contributed by atoms with Crippen LogP contribution in [0.2, 0.25) is 0 Å². The highest BCUT2D eigenvalue weighted by Crippen LogP contribution is 2.53. The number of fused-ring (bicyclic) bond motifs is 5. The molecule has 2 N–H and O–H groups in total. The van der Waals surface area contributed by atoms with E-state index in [1.807, 2.05) is 30.3 Å². The normalized spacial score (nSPS) is 25.8. The molecule has 0 aromatic heterocycles. The van der Waals surface area contributed by atoms with Crippen molar-refractivity contribution in [3.63, 3.8) is 0 Å². The number of methoxy groups -OCH3 is 1. The Morgan fingerprint density at radius 2 is 1.65 bits per heavy atom. The molecule has 0 bridgehead atoms. The molecule has 156 valence electrons. The molecule has 2 saturated heterocycles. The fourth-order valence-electron chi connectivity index (χ4n) is 5.07. The smallest absolute Gasteiger partial charge is 0.339 e. The van der Waals surface area contributed by atoms with E-state index in [4.69, 9.17) is 10.5 Å². The highest BCUT2D eigenvalue weighted by Gasteiger charge is 2.64. The number of hydrogen-bond acceptors (Lipinski definition) is 6. The summed E-state index contributed by atoms with van der Waals surface area (Å²) in [5, 5.41) is 0. The molecule has 0 aliphatic carbocycles. The van der Waals surface area contributed by atoms with Crippen molar-refractivity contribution in [3.8, 4) is 0 Å². The molecule has 0 unspecified atom stereocenters. The van der Waals surface area contributed by atoms with Gasteiger partial charge >= 0.3 is 5.97 Å². The number of imide groups is 1. The molecule has 31 heavy (non-hydrogen) atoms. The van der Waals surface area contributed by atoms with E-state index < -0.39 is 47.6 Å². The zero-order valence-corrected chi connectivity index (χ0v) is 16.6. The molecule has 8 heteroatoms. The van der Waals surface area contributed by atoms with Crippen molar-refractivity contribution in [2.24, 2.45) is 17.6 Å². The SMILES string of the molecule is COC(=O)c1ccccc1N1C(=O)[C@@H]2[C@@H](C1=O)[C@@H]1c3ccccc3C=CN1[C@@H]2C(N)=O. The van der Waals surface area contributed by atoms with E-state index in [-0.39, 0.29) is 11.3 Å².